The first-order chi connectivity index (χ1) is 31.7. The first-order valence-electron chi connectivity index (χ1n) is 21.6. The summed E-state index contributed by atoms with van der Waals surface area (Å²) >= 11 is 0. The maximum absolute atomic E-state index is 6.17. The van der Waals surface area contributed by atoms with Crippen molar-refractivity contribution in [1.29, 1.82) is 0 Å². The molecule has 0 saturated carbocycles. The highest BCUT2D eigenvalue weighted by atomic mass is 16.3. The van der Waals surface area contributed by atoms with Gasteiger partial charge in [-0.15, -0.1) is 0 Å². The minimum absolute atomic E-state index is 0.458. The maximum Gasteiger partial charge on any atom is 0.135 e. The molecule has 5 nitrogen and oxygen atoms in total. The third-order valence-corrected chi connectivity index (χ3v) is 12.5. The molecule has 0 spiro atoms. The van der Waals surface area contributed by atoms with Crippen LogP contribution in [0.3, 0.4) is 0 Å². The van der Waals surface area contributed by atoms with Crippen LogP contribution in [0.1, 0.15) is 16.7 Å². The summed E-state index contributed by atoms with van der Waals surface area (Å²) in [6, 6.07) is 74.9. The lowest BCUT2D eigenvalue weighted by molar-refractivity contribution is 0.669. The van der Waals surface area contributed by atoms with Gasteiger partial charge >= 0.3 is 0 Å². The summed E-state index contributed by atoms with van der Waals surface area (Å²) in [5.41, 5.74) is 15.2. The molecule has 0 atom stereocenters. The zero-order valence-electron chi connectivity index (χ0n) is 34.9. The number of para-hydroxylation sites is 5. The Kier molecular flexibility index (Phi) is 8.97. The van der Waals surface area contributed by atoms with Crippen LogP contribution >= 0.6 is 0 Å². The quantitative estimate of drug-likeness (QED) is 0.134. The van der Waals surface area contributed by atoms with Crippen molar-refractivity contribution in [3.05, 3.63) is 235 Å². The Labute approximate surface area is 369 Å². The number of hydrogen-bond donors (Lipinski definition) is 0. The van der Waals surface area contributed by atoms with Crippen molar-refractivity contribution in [2.75, 3.05) is 0 Å². The second-order valence-electron chi connectivity index (χ2n) is 16.2. The smallest absolute Gasteiger partial charge is 0.135 e. The summed E-state index contributed by atoms with van der Waals surface area (Å²) in [4.78, 5) is 10.2. The fourth-order valence-corrected chi connectivity index (χ4v) is 9.59. The first-order valence-corrected chi connectivity index (χ1v) is 21.6. The lowest BCUT2D eigenvalue weighted by Gasteiger charge is -2.16. The van der Waals surface area contributed by atoms with Crippen LogP contribution in [0.5, 0.6) is 0 Å². The van der Waals surface area contributed by atoms with Crippen molar-refractivity contribution in [3.63, 3.8) is 0 Å². The standard InChI is InChI=1S/C59H40N4O/c1-60-52(37-53(39-17-3-2-4-18-39)61-38-41-19-5-6-20-45(41)40-31-32-59-51(35-40)50-25-11-16-30-58(50)64-59)42-33-43(62-54-26-12-7-21-46(54)47-22-8-13-27-55(47)62)36-44(34-42)63-56-28-14-9-23-48(56)49-24-10-15-29-57(49)63/h2-37H,1,38H2/b52-37-,61-53?. The summed E-state index contributed by atoms with van der Waals surface area (Å²) in [6.07, 6.45) is 2.09. The lowest BCUT2D eigenvalue weighted by atomic mass is 9.98. The normalized spacial score (nSPS) is 12.4. The van der Waals surface area contributed by atoms with Gasteiger partial charge in [0, 0.05) is 49.3 Å². The number of allylic oxidation sites excluding steroid dienone is 1. The lowest BCUT2D eigenvalue weighted by Crippen LogP contribution is -2.03. The van der Waals surface area contributed by atoms with E-state index in [-0.39, 0.29) is 0 Å². The van der Waals surface area contributed by atoms with E-state index in [0.29, 0.717) is 6.54 Å². The van der Waals surface area contributed by atoms with Crippen LogP contribution in [-0.2, 0) is 6.54 Å². The molecule has 0 aliphatic carbocycles. The van der Waals surface area contributed by atoms with Crippen molar-refractivity contribution < 1.29 is 4.42 Å². The van der Waals surface area contributed by atoms with Gasteiger partial charge in [0.2, 0.25) is 0 Å². The molecule has 9 aromatic carbocycles. The predicted octanol–water partition coefficient (Wildman–Crippen LogP) is 15.2. The van der Waals surface area contributed by atoms with Crippen LogP contribution < -0.4 is 0 Å². The van der Waals surface area contributed by atoms with Crippen LogP contribution in [0, 0.1) is 0 Å². The number of fused-ring (bicyclic) bond motifs is 9. The minimum atomic E-state index is 0.458. The van der Waals surface area contributed by atoms with Crippen LogP contribution in [0.2, 0.25) is 0 Å². The van der Waals surface area contributed by atoms with E-state index in [1.165, 1.54) is 21.5 Å². The molecule has 12 aromatic rings. The van der Waals surface area contributed by atoms with E-state index >= 15 is 0 Å². The average molecular weight is 821 g/mol. The van der Waals surface area contributed by atoms with Gasteiger partial charge in [-0.05, 0) is 95.7 Å². The van der Waals surface area contributed by atoms with Gasteiger partial charge in [0.25, 0.3) is 0 Å². The Morgan fingerprint density at radius 3 is 1.55 bits per heavy atom. The van der Waals surface area contributed by atoms with Crippen LogP contribution in [0.15, 0.2) is 233 Å². The van der Waals surface area contributed by atoms with Gasteiger partial charge in [-0.1, -0.05) is 152 Å². The molecule has 0 aliphatic rings. The van der Waals surface area contributed by atoms with Crippen LogP contribution in [0.4, 0.5) is 0 Å². The summed E-state index contributed by atoms with van der Waals surface area (Å²) in [5, 5.41) is 7.03. The molecular formula is C59H40N4O. The van der Waals surface area contributed by atoms with Crippen molar-refractivity contribution in [2.45, 2.75) is 6.54 Å². The SMILES string of the molecule is C=N/C(=C\C(=NCc1ccccc1-c1ccc2oc3ccccc3c2c1)c1ccccc1)c1cc(-n2c3ccccc3c3ccccc32)cc(-n2c3ccccc3c3ccccc32)c1. The van der Waals surface area contributed by atoms with Crippen molar-refractivity contribution >= 4 is 83.7 Å². The zero-order chi connectivity index (χ0) is 42.6. The van der Waals surface area contributed by atoms with Gasteiger partial charge in [-0.25, -0.2) is 0 Å². The molecule has 0 N–H and O–H groups in total. The molecule has 0 fully saturated rings. The topological polar surface area (TPSA) is 47.7 Å². The van der Waals surface area contributed by atoms with E-state index in [2.05, 4.69) is 216 Å². The third kappa shape index (κ3) is 6.25. The molecule has 302 valence electrons. The number of benzene rings is 9. The molecular weight excluding hydrogens is 781 g/mol. The van der Waals surface area contributed by atoms with Gasteiger partial charge < -0.3 is 13.6 Å². The van der Waals surface area contributed by atoms with Gasteiger partial charge in [-0.2, -0.15) is 0 Å². The number of rotatable bonds is 9. The number of furan rings is 1. The second kappa shape index (κ2) is 15.4. The van der Waals surface area contributed by atoms with E-state index < -0.39 is 0 Å². The van der Waals surface area contributed by atoms with E-state index in [1.807, 2.05) is 18.2 Å². The Hall–Kier alpha value is -8.54. The molecule has 64 heavy (non-hydrogen) atoms. The highest BCUT2D eigenvalue weighted by Crippen LogP contribution is 2.38. The van der Waals surface area contributed by atoms with E-state index in [1.54, 1.807) is 0 Å². The molecule has 3 heterocycles. The van der Waals surface area contributed by atoms with Crippen LogP contribution in [0.25, 0.3) is 93.7 Å². The van der Waals surface area contributed by atoms with Crippen molar-refractivity contribution in [1.82, 2.24) is 9.13 Å². The number of hydrogen-bond acceptors (Lipinski definition) is 3. The van der Waals surface area contributed by atoms with Gasteiger partial charge in [0.1, 0.15) is 11.2 Å². The third-order valence-electron chi connectivity index (χ3n) is 12.5. The number of aromatic nitrogens is 2. The molecule has 3 aromatic heterocycles. The average Bonchev–Trinajstić information content (AvgIpc) is 4.02. The van der Waals surface area contributed by atoms with E-state index in [4.69, 9.17) is 14.4 Å². The molecule has 0 unspecified atom stereocenters. The Bertz CT molecular complexity index is 3600. The van der Waals surface area contributed by atoms with Gasteiger partial charge in [0.05, 0.1) is 40.0 Å². The Morgan fingerprint density at radius 2 is 0.953 bits per heavy atom. The predicted molar refractivity (Wildman–Crippen MR) is 268 cm³/mol. The van der Waals surface area contributed by atoms with Crippen molar-refractivity contribution in [2.24, 2.45) is 9.98 Å². The zero-order valence-corrected chi connectivity index (χ0v) is 34.9. The molecule has 0 aliphatic heterocycles. The molecule has 0 saturated heterocycles. The monoisotopic (exact) mass is 820 g/mol. The molecule has 5 heteroatoms. The summed E-state index contributed by atoms with van der Waals surface area (Å²) in [6.45, 7) is 4.65. The highest BCUT2D eigenvalue weighted by Gasteiger charge is 2.18. The summed E-state index contributed by atoms with van der Waals surface area (Å²) in [5.74, 6) is 0. The Morgan fingerprint density at radius 1 is 0.453 bits per heavy atom. The molecule has 0 radical (unpaired) electrons. The van der Waals surface area contributed by atoms with E-state index in [9.17, 15) is 0 Å². The number of aliphatic imine (C=N–C) groups is 2. The number of nitrogens with zero attached hydrogens (tertiary/aromatic N) is 4. The van der Waals surface area contributed by atoms with Crippen molar-refractivity contribution in [3.8, 4) is 22.5 Å². The fraction of sp³-hybridized carbons (Fsp3) is 0.0169. The second-order valence-corrected chi connectivity index (χ2v) is 16.2. The van der Waals surface area contributed by atoms with Gasteiger partial charge in [0.15, 0.2) is 0 Å². The fourth-order valence-electron chi connectivity index (χ4n) is 9.59. The minimum Gasteiger partial charge on any atom is -0.456 e. The van der Waals surface area contributed by atoms with Crippen LogP contribution in [-0.4, -0.2) is 21.6 Å². The van der Waals surface area contributed by atoms with Gasteiger partial charge in [-0.3, -0.25) is 9.98 Å². The highest BCUT2D eigenvalue weighted by molar-refractivity contribution is 6.13. The summed E-state index contributed by atoms with van der Waals surface area (Å²) < 4.78 is 10.9. The first kappa shape index (κ1) is 37.2. The summed E-state index contributed by atoms with van der Waals surface area (Å²) in [7, 11) is 0. The largest absolute Gasteiger partial charge is 0.456 e. The molecule has 0 amide bonds. The molecule has 0 bridgehead atoms. The maximum atomic E-state index is 6.17. The van der Waals surface area contributed by atoms with E-state index in [0.717, 1.165) is 94.6 Å². The molecule has 12 rings (SSSR count). The Balaban J connectivity index is 1.04.